The highest BCUT2D eigenvalue weighted by atomic mass is 16.7. The number of aryl methyl sites for hydroxylation is 2. The lowest BCUT2D eigenvalue weighted by Crippen LogP contribution is -2.32. The number of pyridine rings is 1. The molecule has 5 heteroatoms. The minimum absolute atomic E-state index is 0.0302. The van der Waals surface area contributed by atoms with E-state index in [0.717, 1.165) is 27.0 Å². The Morgan fingerprint density at radius 3 is 2.59 bits per heavy atom. The second kappa shape index (κ2) is 7.91. The maximum absolute atomic E-state index is 12.6. The molecule has 0 aliphatic heterocycles. The van der Waals surface area contributed by atoms with Crippen molar-refractivity contribution < 1.29 is 9.63 Å². The summed E-state index contributed by atoms with van der Waals surface area (Å²) in [6.45, 7) is 6.14. The van der Waals surface area contributed by atoms with Gasteiger partial charge in [0.15, 0.2) is 0 Å². The zero-order valence-electron chi connectivity index (χ0n) is 15.7. The molecule has 27 heavy (non-hydrogen) atoms. The zero-order valence-corrected chi connectivity index (χ0v) is 15.7. The van der Waals surface area contributed by atoms with Crippen molar-refractivity contribution in [3.05, 3.63) is 99.0 Å². The highest BCUT2D eigenvalue weighted by Gasteiger charge is 2.14. The van der Waals surface area contributed by atoms with Crippen LogP contribution in [0.3, 0.4) is 0 Å². The van der Waals surface area contributed by atoms with Crippen LogP contribution >= 0.6 is 0 Å². The van der Waals surface area contributed by atoms with Crippen LogP contribution in [0.25, 0.3) is 0 Å². The van der Waals surface area contributed by atoms with Crippen molar-refractivity contribution in [3.8, 4) is 0 Å². The topological polar surface area (TPSA) is 60.3 Å². The fourth-order valence-electron chi connectivity index (χ4n) is 2.77. The van der Waals surface area contributed by atoms with Crippen LogP contribution in [0.15, 0.2) is 65.6 Å². The molecule has 0 spiro atoms. The first-order valence-electron chi connectivity index (χ1n) is 8.74. The van der Waals surface area contributed by atoms with Gasteiger partial charge < -0.3 is 10.2 Å². The highest BCUT2D eigenvalue weighted by molar-refractivity contribution is 6.04. The molecule has 0 atom stereocenters. The number of hydrogen-bond acceptors (Lipinski definition) is 3. The lowest BCUT2D eigenvalue weighted by molar-refractivity contribution is 0.0863. The summed E-state index contributed by atoms with van der Waals surface area (Å²) in [5, 5.41) is 2.81. The van der Waals surface area contributed by atoms with Crippen molar-refractivity contribution in [1.82, 2.24) is 4.73 Å². The van der Waals surface area contributed by atoms with Crippen molar-refractivity contribution in [1.29, 1.82) is 0 Å². The molecular weight excluding hydrogens is 340 g/mol. The van der Waals surface area contributed by atoms with Gasteiger partial charge in [0.25, 0.3) is 11.5 Å². The Morgan fingerprint density at radius 1 is 1.04 bits per heavy atom. The zero-order chi connectivity index (χ0) is 19.4. The Hall–Kier alpha value is -3.34. The molecule has 0 bridgehead atoms. The van der Waals surface area contributed by atoms with E-state index in [1.54, 1.807) is 6.07 Å². The van der Waals surface area contributed by atoms with Gasteiger partial charge in [-0.1, -0.05) is 42.0 Å². The van der Waals surface area contributed by atoms with Gasteiger partial charge in [-0.3, -0.25) is 9.59 Å². The number of rotatable bonds is 5. The predicted octanol–water partition coefficient (Wildman–Crippen LogP) is 3.65. The quantitative estimate of drug-likeness (QED) is 0.754. The number of anilines is 1. The number of nitrogens with zero attached hydrogens (tertiary/aromatic N) is 1. The Balaban J connectivity index is 1.79. The standard InChI is InChI=1S/C22H22N2O3/c1-15-7-4-9-18(13-15)14-27-24-12-6-10-19(22(24)26)21(25)23-20-11-5-8-16(2)17(20)3/h4-13H,14H2,1-3H3,(H,23,25). The second-order valence-corrected chi connectivity index (χ2v) is 6.52. The number of benzene rings is 2. The van der Waals surface area contributed by atoms with Crippen LogP contribution in [0.5, 0.6) is 0 Å². The van der Waals surface area contributed by atoms with E-state index in [1.807, 2.05) is 63.2 Å². The van der Waals surface area contributed by atoms with Gasteiger partial charge in [-0.2, -0.15) is 4.73 Å². The van der Waals surface area contributed by atoms with Gasteiger partial charge in [0.05, 0.1) is 0 Å². The smallest absolute Gasteiger partial charge is 0.295 e. The van der Waals surface area contributed by atoms with E-state index < -0.39 is 11.5 Å². The van der Waals surface area contributed by atoms with E-state index in [4.69, 9.17) is 4.84 Å². The molecule has 0 saturated heterocycles. The van der Waals surface area contributed by atoms with E-state index in [-0.39, 0.29) is 12.2 Å². The molecule has 0 aliphatic carbocycles. The third-order valence-corrected chi connectivity index (χ3v) is 4.47. The minimum Gasteiger partial charge on any atom is -0.406 e. The largest absolute Gasteiger partial charge is 0.406 e. The third kappa shape index (κ3) is 4.26. The van der Waals surface area contributed by atoms with E-state index in [1.165, 1.54) is 12.3 Å². The lowest BCUT2D eigenvalue weighted by Gasteiger charge is -2.12. The summed E-state index contributed by atoms with van der Waals surface area (Å²) < 4.78 is 1.10. The lowest BCUT2D eigenvalue weighted by atomic mass is 10.1. The van der Waals surface area contributed by atoms with Crippen LogP contribution in [-0.4, -0.2) is 10.6 Å². The second-order valence-electron chi connectivity index (χ2n) is 6.52. The summed E-state index contributed by atoms with van der Waals surface area (Å²) in [7, 11) is 0. The van der Waals surface area contributed by atoms with Crippen molar-refractivity contribution in [2.24, 2.45) is 0 Å². The fourth-order valence-corrected chi connectivity index (χ4v) is 2.77. The van der Waals surface area contributed by atoms with Gasteiger partial charge in [0, 0.05) is 11.9 Å². The average Bonchev–Trinajstić information content (AvgIpc) is 2.64. The number of amides is 1. The molecule has 1 heterocycles. The molecule has 0 radical (unpaired) electrons. The minimum atomic E-state index is -0.493. The molecule has 1 N–H and O–H groups in total. The number of carbonyl (C=O) groups is 1. The third-order valence-electron chi connectivity index (χ3n) is 4.47. The molecule has 138 valence electrons. The molecule has 0 fully saturated rings. The molecule has 3 aromatic rings. The summed E-state index contributed by atoms with van der Waals surface area (Å²) in [4.78, 5) is 30.8. The van der Waals surface area contributed by atoms with Gasteiger partial charge in [-0.05, 0) is 55.7 Å². The van der Waals surface area contributed by atoms with Gasteiger partial charge in [0.1, 0.15) is 12.2 Å². The number of hydrogen-bond donors (Lipinski definition) is 1. The molecule has 0 unspecified atom stereocenters. The summed E-state index contributed by atoms with van der Waals surface area (Å²) >= 11 is 0. The van der Waals surface area contributed by atoms with Gasteiger partial charge >= 0.3 is 0 Å². The molecule has 0 saturated carbocycles. The van der Waals surface area contributed by atoms with Crippen LogP contribution < -0.4 is 15.7 Å². The Kier molecular flexibility index (Phi) is 5.41. The predicted molar refractivity (Wildman–Crippen MR) is 106 cm³/mol. The van der Waals surface area contributed by atoms with Crippen LogP contribution in [0.4, 0.5) is 5.69 Å². The molecule has 2 aromatic carbocycles. The maximum atomic E-state index is 12.6. The summed E-state index contributed by atoms with van der Waals surface area (Å²) in [6, 6.07) is 16.6. The first kappa shape index (κ1) is 18.5. The maximum Gasteiger partial charge on any atom is 0.295 e. The highest BCUT2D eigenvalue weighted by Crippen LogP contribution is 2.18. The summed E-state index contributed by atoms with van der Waals surface area (Å²) in [5.41, 5.74) is 4.33. The summed E-state index contributed by atoms with van der Waals surface area (Å²) in [5.74, 6) is -0.456. The number of carbonyl (C=O) groups excluding carboxylic acids is 1. The van der Waals surface area contributed by atoms with Gasteiger partial charge in [0.2, 0.25) is 0 Å². The van der Waals surface area contributed by atoms with Crippen molar-refractivity contribution in [2.45, 2.75) is 27.4 Å². The Labute approximate surface area is 158 Å². The van der Waals surface area contributed by atoms with E-state index in [9.17, 15) is 9.59 Å². The van der Waals surface area contributed by atoms with Crippen LogP contribution in [0.2, 0.25) is 0 Å². The summed E-state index contributed by atoms with van der Waals surface area (Å²) in [6.07, 6.45) is 1.51. The van der Waals surface area contributed by atoms with Crippen molar-refractivity contribution in [2.75, 3.05) is 5.32 Å². The fraction of sp³-hybridized carbons (Fsp3) is 0.182. The number of nitrogens with one attached hydrogen (secondary N) is 1. The molecular formula is C22H22N2O3. The molecule has 1 amide bonds. The average molecular weight is 362 g/mol. The van der Waals surface area contributed by atoms with Crippen LogP contribution in [0, 0.1) is 20.8 Å². The normalized spacial score (nSPS) is 10.5. The number of aromatic nitrogens is 1. The van der Waals surface area contributed by atoms with Crippen LogP contribution in [0.1, 0.15) is 32.6 Å². The van der Waals surface area contributed by atoms with Crippen molar-refractivity contribution in [3.63, 3.8) is 0 Å². The van der Waals surface area contributed by atoms with Crippen LogP contribution in [-0.2, 0) is 6.61 Å². The monoisotopic (exact) mass is 362 g/mol. The van der Waals surface area contributed by atoms with Gasteiger partial charge in [-0.25, -0.2) is 0 Å². The SMILES string of the molecule is Cc1cccc(COn2cccc(C(=O)Nc3cccc(C)c3C)c2=O)c1. The molecule has 3 rings (SSSR count). The molecule has 5 nitrogen and oxygen atoms in total. The Morgan fingerprint density at radius 2 is 1.81 bits per heavy atom. The Bertz CT molecular complexity index is 1040. The molecule has 1 aromatic heterocycles. The molecule has 0 aliphatic rings. The van der Waals surface area contributed by atoms with E-state index in [2.05, 4.69) is 5.32 Å². The first-order chi connectivity index (χ1) is 13.0. The van der Waals surface area contributed by atoms with Gasteiger partial charge in [-0.15, -0.1) is 0 Å². The first-order valence-corrected chi connectivity index (χ1v) is 8.74. The van der Waals surface area contributed by atoms with E-state index >= 15 is 0 Å². The van der Waals surface area contributed by atoms with E-state index in [0.29, 0.717) is 5.69 Å². The van der Waals surface area contributed by atoms with Crippen molar-refractivity contribution >= 4 is 11.6 Å².